The quantitative estimate of drug-likeness (QED) is 0.398. The number of nitrogens with one attached hydrogen (secondary N) is 1. The number of thioether (sulfide) groups is 1. The Bertz CT molecular complexity index is 1070. The van der Waals surface area contributed by atoms with Crippen LogP contribution in [0.15, 0.2) is 52.2 Å². The molecule has 0 saturated carbocycles. The van der Waals surface area contributed by atoms with Gasteiger partial charge in [-0.3, -0.25) is 4.79 Å². The van der Waals surface area contributed by atoms with Gasteiger partial charge >= 0.3 is 0 Å². The lowest BCUT2D eigenvalue weighted by Gasteiger charge is -2.36. The van der Waals surface area contributed by atoms with E-state index in [1.807, 2.05) is 47.8 Å². The average Bonchev–Trinajstić information content (AvgIpc) is 3.28. The van der Waals surface area contributed by atoms with Crippen LogP contribution < -0.4 is 10.2 Å². The predicted octanol–water partition coefficient (Wildman–Crippen LogP) is 5.99. The van der Waals surface area contributed by atoms with E-state index >= 15 is 0 Å². The zero-order valence-electron chi connectivity index (χ0n) is 17.7. The van der Waals surface area contributed by atoms with Crippen molar-refractivity contribution in [3.63, 3.8) is 0 Å². The van der Waals surface area contributed by atoms with Gasteiger partial charge in [0.1, 0.15) is 0 Å². The van der Waals surface area contributed by atoms with Gasteiger partial charge < -0.3 is 15.1 Å². The van der Waals surface area contributed by atoms with E-state index in [4.69, 9.17) is 23.2 Å². The maximum atomic E-state index is 12.7. The SMILES string of the molecule is CCN1CCN(c2c(Cl)cccc2NC(=O)CSc2nc(-c3ccc(Cl)cc3)cs2)CC1. The number of benzene rings is 2. The maximum absolute atomic E-state index is 12.7. The van der Waals surface area contributed by atoms with Crippen molar-refractivity contribution in [2.24, 2.45) is 0 Å². The molecule has 2 aromatic carbocycles. The summed E-state index contributed by atoms with van der Waals surface area (Å²) in [5.74, 6) is 0.206. The molecule has 0 bridgehead atoms. The van der Waals surface area contributed by atoms with Crippen molar-refractivity contribution in [2.75, 3.05) is 48.7 Å². The first-order valence-corrected chi connectivity index (χ1v) is 13.1. The van der Waals surface area contributed by atoms with Gasteiger partial charge in [0, 0.05) is 42.1 Å². The molecule has 0 radical (unpaired) electrons. The van der Waals surface area contributed by atoms with Crippen LogP contribution in [-0.4, -0.2) is 54.3 Å². The van der Waals surface area contributed by atoms with Crippen molar-refractivity contribution in [1.29, 1.82) is 0 Å². The highest BCUT2D eigenvalue weighted by Crippen LogP contribution is 2.35. The lowest BCUT2D eigenvalue weighted by Crippen LogP contribution is -2.46. The summed E-state index contributed by atoms with van der Waals surface area (Å²) < 4.78 is 0.854. The van der Waals surface area contributed by atoms with Crippen molar-refractivity contribution >= 4 is 63.6 Å². The number of carbonyl (C=O) groups excluding carboxylic acids is 1. The van der Waals surface area contributed by atoms with Crippen molar-refractivity contribution < 1.29 is 4.79 Å². The van der Waals surface area contributed by atoms with E-state index in [1.54, 1.807) is 0 Å². The molecule has 168 valence electrons. The molecule has 4 rings (SSSR count). The average molecular weight is 508 g/mol. The molecule has 0 aliphatic carbocycles. The van der Waals surface area contributed by atoms with E-state index in [9.17, 15) is 4.79 Å². The number of thiazole rings is 1. The number of halogens is 2. The molecule has 5 nitrogen and oxygen atoms in total. The highest BCUT2D eigenvalue weighted by molar-refractivity contribution is 8.01. The van der Waals surface area contributed by atoms with Gasteiger partial charge in [0.05, 0.1) is 27.8 Å². The minimum atomic E-state index is -0.0750. The van der Waals surface area contributed by atoms with Gasteiger partial charge in [-0.1, -0.05) is 60.1 Å². The van der Waals surface area contributed by atoms with Crippen molar-refractivity contribution in [3.05, 3.63) is 57.9 Å². The van der Waals surface area contributed by atoms with Gasteiger partial charge in [0.15, 0.2) is 4.34 Å². The molecule has 1 fully saturated rings. The highest BCUT2D eigenvalue weighted by atomic mass is 35.5. The molecular weight excluding hydrogens is 483 g/mol. The van der Waals surface area contributed by atoms with Crippen LogP contribution in [0.4, 0.5) is 11.4 Å². The molecule has 1 aromatic heterocycles. The van der Waals surface area contributed by atoms with Crippen molar-refractivity contribution in [3.8, 4) is 11.3 Å². The summed E-state index contributed by atoms with van der Waals surface area (Å²) in [5.41, 5.74) is 3.56. The molecule has 0 spiro atoms. The second kappa shape index (κ2) is 10.9. The van der Waals surface area contributed by atoms with Gasteiger partial charge in [0.25, 0.3) is 0 Å². The van der Waals surface area contributed by atoms with Crippen LogP contribution in [0.3, 0.4) is 0 Å². The fourth-order valence-electron chi connectivity index (χ4n) is 3.62. The molecule has 1 amide bonds. The second-order valence-corrected chi connectivity index (χ2v) is 10.3. The Morgan fingerprint density at radius 1 is 1.12 bits per heavy atom. The number of piperazine rings is 1. The zero-order chi connectivity index (χ0) is 22.5. The van der Waals surface area contributed by atoms with Gasteiger partial charge in [-0.15, -0.1) is 11.3 Å². The number of aromatic nitrogens is 1. The Balaban J connectivity index is 1.38. The van der Waals surface area contributed by atoms with E-state index in [1.165, 1.54) is 23.1 Å². The highest BCUT2D eigenvalue weighted by Gasteiger charge is 2.21. The molecule has 1 aliphatic rings. The zero-order valence-corrected chi connectivity index (χ0v) is 20.8. The fraction of sp³-hybridized carbons (Fsp3) is 0.304. The van der Waals surface area contributed by atoms with Gasteiger partial charge in [-0.25, -0.2) is 4.98 Å². The molecule has 0 unspecified atom stereocenters. The number of rotatable bonds is 7. The first kappa shape index (κ1) is 23.4. The lowest BCUT2D eigenvalue weighted by atomic mass is 10.2. The monoisotopic (exact) mass is 506 g/mol. The molecule has 32 heavy (non-hydrogen) atoms. The first-order valence-electron chi connectivity index (χ1n) is 10.4. The van der Waals surface area contributed by atoms with Crippen LogP contribution in [0.1, 0.15) is 6.92 Å². The number of amides is 1. The minimum absolute atomic E-state index is 0.0750. The Hall–Kier alpha value is -1.77. The largest absolute Gasteiger partial charge is 0.366 e. The molecule has 0 atom stereocenters. The van der Waals surface area contributed by atoms with Crippen LogP contribution in [0.2, 0.25) is 10.0 Å². The number of hydrogen-bond acceptors (Lipinski definition) is 6. The smallest absolute Gasteiger partial charge is 0.234 e. The molecule has 1 N–H and O–H groups in total. The number of nitrogens with zero attached hydrogens (tertiary/aromatic N) is 3. The third-order valence-electron chi connectivity index (χ3n) is 5.35. The topological polar surface area (TPSA) is 48.5 Å². The van der Waals surface area contributed by atoms with Crippen LogP contribution in [0.25, 0.3) is 11.3 Å². The summed E-state index contributed by atoms with van der Waals surface area (Å²) in [5, 5.41) is 6.40. The van der Waals surface area contributed by atoms with Crippen LogP contribution in [0, 0.1) is 0 Å². The van der Waals surface area contributed by atoms with Gasteiger partial charge in [-0.2, -0.15) is 0 Å². The number of anilines is 2. The van der Waals surface area contributed by atoms with Gasteiger partial charge in [-0.05, 0) is 30.8 Å². The van der Waals surface area contributed by atoms with E-state index in [0.29, 0.717) is 10.0 Å². The maximum Gasteiger partial charge on any atom is 0.234 e. The Labute approximate surface area is 206 Å². The predicted molar refractivity (Wildman–Crippen MR) is 138 cm³/mol. The van der Waals surface area contributed by atoms with Crippen LogP contribution >= 0.6 is 46.3 Å². The number of carbonyl (C=O) groups is 1. The Morgan fingerprint density at radius 2 is 1.88 bits per heavy atom. The van der Waals surface area contributed by atoms with Crippen LogP contribution in [-0.2, 0) is 4.79 Å². The second-order valence-electron chi connectivity index (χ2n) is 7.40. The summed E-state index contributed by atoms with van der Waals surface area (Å²) in [6, 6.07) is 13.2. The van der Waals surface area contributed by atoms with Crippen LogP contribution in [0.5, 0.6) is 0 Å². The molecular formula is C23H24Cl2N4OS2. The van der Waals surface area contributed by atoms with E-state index in [2.05, 4.69) is 27.0 Å². The fourth-order valence-corrected chi connectivity index (χ4v) is 5.67. The number of hydrogen-bond donors (Lipinski definition) is 1. The molecule has 3 aromatic rings. The number of likely N-dealkylation sites (N-methyl/N-ethyl adjacent to an activating group) is 1. The Kier molecular flexibility index (Phi) is 7.97. The van der Waals surface area contributed by atoms with E-state index < -0.39 is 0 Å². The normalized spacial score (nSPS) is 14.5. The summed E-state index contributed by atoms with van der Waals surface area (Å²) >= 11 is 15.5. The van der Waals surface area contributed by atoms with E-state index in [-0.39, 0.29) is 11.7 Å². The first-order chi connectivity index (χ1) is 15.5. The lowest BCUT2D eigenvalue weighted by molar-refractivity contribution is -0.113. The molecule has 1 saturated heterocycles. The van der Waals surface area contributed by atoms with E-state index in [0.717, 1.165) is 59.7 Å². The van der Waals surface area contributed by atoms with Gasteiger partial charge in [0.2, 0.25) is 5.91 Å². The summed E-state index contributed by atoms with van der Waals surface area (Å²) in [7, 11) is 0. The molecule has 9 heteroatoms. The summed E-state index contributed by atoms with van der Waals surface area (Å²) in [6.07, 6.45) is 0. The number of para-hydroxylation sites is 1. The molecule has 1 aliphatic heterocycles. The van der Waals surface area contributed by atoms with Crippen molar-refractivity contribution in [2.45, 2.75) is 11.3 Å². The molecule has 2 heterocycles. The standard InChI is InChI=1S/C23H24Cl2N4OS2/c1-2-28-10-12-29(13-11-28)22-18(25)4-3-5-19(22)26-21(30)15-32-23-27-20(14-31-23)16-6-8-17(24)9-7-16/h3-9,14H,2,10-13,15H2,1H3,(H,26,30). The summed E-state index contributed by atoms with van der Waals surface area (Å²) in [6.45, 7) is 6.99. The third kappa shape index (κ3) is 5.77. The minimum Gasteiger partial charge on any atom is -0.366 e. The third-order valence-corrected chi connectivity index (χ3v) is 7.92. The Morgan fingerprint density at radius 3 is 2.59 bits per heavy atom. The summed E-state index contributed by atoms with van der Waals surface area (Å²) in [4.78, 5) is 22.0. The van der Waals surface area contributed by atoms with Crippen molar-refractivity contribution in [1.82, 2.24) is 9.88 Å².